The van der Waals surface area contributed by atoms with Gasteiger partial charge in [-0.2, -0.15) is 5.26 Å². The van der Waals surface area contributed by atoms with Crippen LogP contribution in [0.1, 0.15) is 25.3 Å². The van der Waals surface area contributed by atoms with Crippen molar-refractivity contribution < 1.29 is 9.13 Å². The van der Waals surface area contributed by atoms with E-state index in [0.717, 1.165) is 25.9 Å². The average molecular weight is 236 g/mol. The second-order valence-corrected chi connectivity index (χ2v) is 3.68. The first kappa shape index (κ1) is 13.5. The van der Waals surface area contributed by atoms with Gasteiger partial charge in [0.2, 0.25) is 0 Å². The number of benzene rings is 1. The molecular formula is C13H17FN2O. The number of rotatable bonds is 7. The van der Waals surface area contributed by atoms with Crippen LogP contribution in [0.4, 0.5) is 4.39 Å². The maximum absolute atomic E-state index is 13.2. The van der Waals surface area contributed by atoms with Crippen molar-refractivity contribution in [2.45, 2.75) is 19.8 Å². The molecule has 0 bridgehead atoms. The van der Waals surface area contributed by atoms with Gasteiger partial charge in [-0.1, -0.05) is 13.0 Å². The highest BCUT2D eigenvalue weighted by Gasteiger charge is 2.07. The van der Waals surface area contributed by atoms with E-state index in [4.69, 9.17) is 10.00 Å². The molecule has 1 N–H and O–H groups in total. The van der Waals surface area contributed by atoms with Gasteiger partial charge in [-0.25, -0.2) is 4.39 Å². The quantitative estimate of drug-likeness (QED) is 0.740. The van der Waals surface area contributed by atoms with Crippen LogP contribution in [0.5, 0.6) is 5.75 Å². The topological polar surface area (TPSA) is 45.0 Å². The molecule has 0 saturated heterocycles. The molecule has 1 rings (SSSR count). The molecule has 0 spiro atoms. The van der Waals surface area contributed by atoms with Crippen LogP contribution in [0.25, 0.3) is 0 Å². The molecule has 1 aromatic rings. The minimum atomic E-state index is -0.533. The molecule has 0 heterocycles. The van der Waals surface area contributed by atoms with Crippen molar-refractivity contribution in [2.24, 2.45) is 0 Å². The van der Waals surface area contributed by atoms with Crippen molar-refractivity contribution >= 4 is 0 Å². The van der Waals surface area contributed by atoms with Gasteiger partial charge in [-0.3, -0.25) is 0 Å². The zero-order chi connectivity index (χ0) is 12.5. The molecule has 17 heavy (non-hydrogen) atoms. The van der Waals surface area contributed by atoms with Crippen LogP contribution < -0.4 is 10.1 Å². The van der Waals surface area contributed by atoms with Crippen molar-refractivity contribution in [1.29, 1.82) is 5.26 Å². The lowest BCUT2D eigenvalue weighted by atomic mass is 10.2. The van der Waals surface area contributed by atoms with Gasteiger partial charge >= 0.3 is 0 Å². The third kappa shape index (κ3) is 4.41. The molecule has 0 amide bonds. The lowest BCUT2D eigenvalue weighted by Gasteiger charge is -2.08. The zero-order valence-corrected chi connectivity index (χ0v) is 10.0. The van der Waals surface area contributed by atoms with Gasteiger partial charge in [0.15, 0.2) is 0 Å². The van der Waals surface area contributed by atoms with E-state index in [9.17, 15) is 4.39 Å². The Kier molecular flexibility index (Phi) is 6.05. The Labute approximate surface area is 101 Å². The number of nitrogens with one attached hydrogen (secondary N) is 1. The SMILES string of the molecule is CCCNCCCOc1cccc(F)c1C#N. The normalized spacial score (nSPS) is 9.94. The maximum atomic E-state index is 13.2. The number of hydrogen-bond donors (Lipinski definition) is 1. The number of nitrogens with zero attached hydrogens (tertiary/aromatic N) is 1. The summed E-state index contributed by atoms with van der Waals surface area (Å²) in [6.45, 7) is 4.44. The first-order valence-electron chi connectivity index (χ1n) is 5.81. The van der Waals surface area contributed by atoms with E-state index < -0.39 is 5.82 Å². The Hall–Kier alpha value is -1.60. The fourth-order valence-corrected chi connectivity index (χ4v) is 1.41. The highest BCUT2D eigenvalue weighted by atomic mass is 19.1. The predicted octanol–water partition coefficient (Wildman–Crippen LogP) is 2.47. The largest absolute Gasteiger partial charge is 0.492 e. The van der Waals surface area contributed by atoms with E-state index in [1.54, 1.807) is 12.1 Å². The van der Waals surface area contributed by atoms with E-state index in [2.05, 4.69) is 12.2 Å². The third-order valence-electron chi connectivity index (χ3n) is 2.27. The number of ether oxygens (including phenoxy) is 1. The van der Waals surface area contributed by atoms with Gasteiger partial charge in [0.05, 0.1) is 6.61 Å². The molecular weight excluding hydrogens is 219 g/mol. The van der Waals surface area contributed by atoms with Crippen molar-refractivity contribution in [1.82, 2.24) is 5.32 Å². The highest BCUT2D eigenvalue weighted by Crippen LogP contribution is 2.20. The summed E-state index contributed by atoms with van der Waals surface area (Å²) in [5.74, 6) is -0.211. The van der Waals surface area contributed by atoms with Crippen LogP contribution >= 0.6 is 0 Å². The van der Waals surface area contributed by atoms with Gasteiger partial charge in [-0.15, -0.1) is 0 Å². The minimum absolute atomic E-state index is 0.0194. The summed E-state index contributed by atoms with van der Waals surface area (Å²) in [6, 6.07) is 6.22. The number of hydrogen-bond acceptors (Lipinski definition) is 3. The fourth-order valence-electron chi connectivity index (χ4n) is 1.41. The van der Waals surface area contributed by atoms with Crippen molar-refractivity contribution in [3.63, 3.8) is 0 Å². The van der Waals surface area contributed by atoms with E-state index >= 15 is 0 Å². The molecule has 0 radical (unpaired) electrons. The second kappa shape index (κ2) is 7.64. The van der Waals surface area contributed by atoms with E-state index in [1.807, 2.05) is 6.07 Å². The van der Waals surface area contributed by atoms with Crippen molar-refractivity contribution in [2.75, 3.05) is 19.7 Å². The number of halogens is 1. The molecule has 92 valence electrons. The summed E-state index contributed by atoms with van der Waals surface area (Å²) in [6.07, 6.45) is 1.94. The lowest BCUT2D eigenvalue weighted by molar-refractivity contribution is 0.306. The van der Waals surface area contributed by atoms with Crippen LogP contribution in [0.15, 0.2) is 18.2 Å². The van der Waals surface area contributed by atoms with Gasteiger partial charge < -0.3 is 10.1 Å². The standard InChI is InChI=1S/C13H17FN2O/c1-2-7-16-8-4-9-17-13-6-3-5-12(14)11(13)10-15/h3,5-6,16H,2,4,7-9H2,1H3. The summed E-state index contributed by atoms with van der Waals surface area (Å²) in [7, 11) is 0. The predicted molar refractivity (Wildman–Crippen MR) is 64.4 cm³/mol. The smallest absolute Gasteiger partial charge is 0.144 e. The monoisotopic (exact) mass is 236 g/mol. The Morgan fingerprint density at radius 3 is 2.94 bits per heavy atom. The molecule has 3 nitrogen and oxygen atoms in total. The molecule has 0 unspecified atom stereocenters. The molecule has 0 aliphatic rings. The Morgan fingerprint density at radius 1 is 1.41 bits per heavy atom. The van der Waals surface area contributed by atoms with Gasteiger partial charge in [0.1, 0.15) is 23.2 Å². The summed E-state index contributed by atoms with van der Waals surface area (Å²) in [4.78, 5) is 0. The van der Waals surface area contributed by atoms with E-state index in [0.29, 0.717) is 12.4 Å². The summed E-state index contributed by atoms with van der Waals surface area (Å²) >= 11 is 0. The Bertz CT molecular complexity index is 387. The Balaban J connectivity index is 2.37. The first-order valence-corrected chi connectivity index (χ1v) is 5.81. The van der Waals surface area contributed by atoms with Gasteiger partial charge in [-0.05, 0) is 38.1 Å². The Morgan fingerprint density at radius 2 is 2.24 bits per heavy atom. The molecule has 0 fully saturated rings. The molecule has 4 heteroatoms. The molecule has 0 aliphatic heterocycles. The zero-order valence-electron chi connectivity index (χ0n) is 10.0. The van der Waals surface area contributed by atoms with E-state index in [-0.39, 0.29) is 5.56 Å². The summed E-state index contributed by atoms with van der Waals surface area (Å²) in [5, 5.41) is 12.0. The molecule has 0 aromatic heterocycles. The van der Waals surface area contributed by atoms with Crippen molar-refractivity contribution in [3.05, 3.63) is 29.6 Å². The second-order valence-electron chi connectivity index (χ2n) is 3.68. The lowest BCUT2D eigenvalue weighted by Crippen LogP contribution is -2.18. The third-order valence-corrected chi connectivity index (χ3v) is 2.27. The molecule has 1 aromatic carbocycles. The summed E-state index contributed by atoms with van der Waals surface area (Å²) in [5.41, 5.74) is -0.0194. The maximum Gasteiger partial charge on any atom is 0.144 e. The van der Waals surface area contributed by atoms with Crippen LogP contribution in [-0.4, -0.2) is 19.7 Å². The first-order chi connectivity index (χ1) is 8.29. The van der Waals surface area contributed by atoms with E-state index in [1.165, 1.54) is 6.07 Å². The van der Waals surface area contributed by atoms with Crippen LogP contribution in [-0.2, 0) is 0 Å². The minimum Gasteiger partial charge on any atom is -0.492 e. The van der Waals surface area contributed by atoms with Crippen LogP contribution in [0.3, 0.4) is 0 Å². The fraction of sp³-hybridized carbons (Fsp3) is 0.462. The summed E-state index contributed by atoms with van der Waals surface area (Å²) < 4.78 is 18.6. The van der Waals surface area contributed by atoms with Gasteiger partial charge in [0.25, 0.3) is 0 Å². The van der Waals surface area contributed by atoms with Gasteiger partial charge in [0, 0.05) is 0 Å². The van der Waals surface area contributed by atoms with Crippen molar-refractivity contribution in [3.8, 4) is 11.8 Å². The van der Waals surface area contributed by atoms with Crippen LogP contribution in [0, 0.1) is 17.1 Å². The highest BCUT2D eigenvalue weighted by molar-refractivity contribution is 5.43. The molecule has 0 saturated carbocycles. The molecule has 0 atom stereocenters. The molecule has 0 aliphatic carbocycles. The number of nitriles is 1. The van der Waals surface area contributed by atoms with Crippen LogP contribution in [0.2, 0.25) is 0 Å². The average Bonchev–Trinajstić information content (AvgIpc) is 2.34.